The zero-order valence-corrected chi connectivity index (χ0v) is 33.5. The molecular formula is C47H76O4. The summed E-state index contributed by atoms with van der Waals surface area (Å²) in [5, 5.41) is 0. The number of unbranched alkanes of at least 4 members (excludes halogenated alkanes) is 22. The van der Waals surface area contributed by atoms with Gasteiger partial charge in [-0.3, -0.25) is 0 Å². The first-order valence-corrected chi connectivity index (χ1v) is 21.2. The van der Waals surface area contributed by atoms with Crippen LogP contribution in [0, 0.1) is 0 Å². The third-order valence-corrected chi connectivity index (χ3v) is 9.78. The second-order valence-corrected chi connectivity index (χ2v) is 14.3. The van der Waals surface area contributed by atoms with Gasteiger partial charge in [-0.05, 0) is 54.7 Å². The van der Waals surface area contributed by atoms with Crippen LogP contribution in [-0.4, -0.2) is 27.4 Å². The van der Waals surface area contributed by atoms with Crippen molar-refractivity contribution < 1.29 is 18.9 Å². The summed E-state index contributed by atoms with van der Waals surface area (Å²) in [5.41, 5.74) is 2.21. The van der Waals surface area contributed by atoms with Gasteiger partial charge in [0.05, 0.1) is 27.4 Å². The van der Waals surface area contributed by atoms with Crippen LogP contribution < -0.4 is 18.9 Å². The highest BCUT2D eigenvalue weighted by molar-refractivity contribution is 5.58. The summed E-state index contributed by atoms with van der Waals surface area (Å²) in [5.74, 6) is 3.24. The minimum absolute atomic E-state index is 0.741. The summed E-state index contributed by atoms with van der Waals surface area (Å²) in [6.45, 7) is 6.05. The molecule has 0 saturated heterocycles. The van der Waals surface area contributed by atoms with Gasteiger partial charge in [0.1, 0.15) is 0 Å². The van der Waals surface area contributed by atoms with Gasteiger partial charge >= 0.3 is 0 Å². The topological polar surface area (TPSA) is 36.9 Å². The molecule has 0 aliphatic rings. The summed E-state index contributed by atoms with van der Waals surface area (Å²) in [4.78, 5) is 0. The summed E-state index contributed by atoms with van der Waals surface area (Å²) < 4.78 is 23.4. The van der Waals surface area contributed by atoms with Gasteiger partial charge < -0.3 is 18.9 Å². The number of rotatable bonds is 34. The van der Waals surface area contributed by atoms with Crippen LogP contribution in [0.5, 0.6) is 23.0 Å². The highest BCUT2D eigenvalue weighted by atomic mass is 16.5. The van der Waals surface area contributed by atoms with Crippen LogP contribution in [0.1, 0.15) is 185 Å². The molecule has 4 heteroatoms. The molecule has 0 aliphatic carbocycles. The molecule has 2 rings (SSSR count). The van der Waals surface area contributed by atoms with Crippen LogP contribution >= 0.6 is 0 Å². The van der Waals surface area contributed by atoms with Crippen LogP contribution in [0.25, 0.3) is 12.2 Å². The maximum absolute atomic E-state index is 6.08. The summed E-state index contributed by atoms with van der Waals surface area (Å²) in [7, 11) is 3.43. The first-order valence-electron chi connectivity index (χ1n) is 21.2. The largest absolute Gasteiger partial charge is 0.493 e. The Morgan fingerprint density at radius 2 is 0.706 bits per heavy atom. The average Bonchev–Trinajstić information content (AvgIpc) is 3.15. The predicted octanol–water partition coefficient (Wildman–Crippen LogP) is 15.0. The van der Waals surface area contributed by atoms with Crippen LogP contribution in [0.15, 0.2) is 48.6 Å². The lowest BCUT2D eigenvalue weighted by Crippen LogP contribution is -1.99. The lowest BCUT2D eigenvalue weighted by atomic mass is 10.1. The van der Waals surface area contributed by atoms with Crippen LogP contribution in [0.3, 0.4) is 0 Å². The van der Waals surface area contributed by atoms with Gasteiger partial charge in [-0.25, -0.2) is 0 Å². The van der Waals surface area contributed by atoms with Crippen LogP contribution in [0.4, 0.5) is 0 Å². The van der Waals surface area contributed by atoms with Crippen molar-refractivity contribution in [1.82, 2.24) is 0 Å². The third-order valence-electron chi connectivity index (χ3n) is 9.78. The maximum Gasteiger partial charge on any atom is 0.161 e. The van der Waals surface area contributed by atoms with E-state index in [-0.39, 0.29) is 0 Å². The normalized spacial score (nSPS) is 11.5. The number of hydrogen-bond acceptors (Lipinski definition) is 4. The number of allylic oxidation sites excluding steroid dienone is 2. The van der Waals surface area contributed by atoms with Crippen molar-refractivity contribution in [2.24, 2.45) is 0 Å². The molecule has 0 aromatic heterocycles. The highest BCUT2D eigenvalue weighted by Gasteiger charge is 2.06. The van der Waals surface area contributed by atoms with Crippen molar-refractivity contribution in [3.63, 3.8) is 0 Å². The minimum atomic E-state index is 0.741. The molecule has 0 saturated carbocycles. The molecule has 0 atom stereocenters. The van der Waals surface area contributed by atoms with Gasteiger partial charge in [-0.2, -0.15) is 0 Å². The van der Waals surface area contributed by atoms with E-state index in [4.69, 9.17) is 18.9 Å². The Morgan fingerprint density at radius 1 is 0.392 bits per heavy atom. The SMILES string of the molecule is CCCCCCCCCCCCCCOc1ccc(C=CCC=Cc2ccc(OCCCCCCCCCCCCCC)c(OC)c2)cc1OC. The Morgan fingerprint density at radius 3 is 1.02 bits per heavy atom. The number of ether oxygens (including phenoxy) is 4. The van der Waals surface area contributed by atoms with E-state index in [1.807, 2.05) is 12.1 Å². The van der Waals surface area contributed by atoms with E-state index in [0.29, 0.717) is 0 Å². The molecule has 0 heterocycles. The average molecular weight is 705 g/mol. The summed E-state index contributed by atoms with van der Waals surface area (Å²) in [6, 6.07) is 12.4. The van der Waals surface area contributed by atoms with Gasteiger partial charge in [-0.1, -0.05) is 192 Å². The fourth-order valence-electron chi connectivity index (χ4n) is 6.55. The fraction of sp³-hybridized carbons (Fsp3) is 0.660. The zero-order chi connectivity index (χ0) is 36.5. The molecule has 2 aromatic carbocycles. The molecule has 0 spiro atoms. The molecule has 51 heavy (non-hydrogen) atoms. The first kappa shape index (κ1) is 44.3. The smallest absolute Gasteiger partial charge is 0.161 e. The van der Waals surface area contributed by atoms with Gasteiger partial charge in [0.25, 0.3) is 0 Å². The quantitative estimate of drug-likeness (QED) is 0.0680. The molecular weight excluding hydrogens is 629 g/mol. The number of benzene rings is 2. The van der Waals surface area contributed by atoms with Crippen molar-refractivity contribution in [3.8, 4) is 23.0 Å². The van der Waals surface area contributed by atoms with Crippen molar-refractivity contribution in [2.75, 3.05) is 27.4 Å². The van der Waals surface area contributed by atoms with Gasteiger partial charge in [0.15, 0.2) is 23.0 Å². The summed E-state index contributed by atoms with van der Waals surface area (Å²) in [6.07, 6.45) is 41.8. The molecule has 0 radical (unpaired) electrons. The van der Waals surface area contributed by atoms with E-state index in [9.17, 15) is 0 Å². The van der Waals surface area contributed by atoms with E-state index in [2.05, 4.69) is 62.4 Å². The number of hydrogen-bond donors (Lipinski definition) is 0. The molecule has 0 N–H and O–H groups in total. The van der Waals surface area contributed by atoms with Crippen molar-refractivity contribution in [3.05, 3.63) is 59.7 Å². The van der Waals surface area contributed by atoms with E-state index in [0.717, 1.165) is 66.6 Å². The first-order chi connectivity index (χ1) is 25.2. The zero-order valence-electron chi connectivity index (χ0n) is 33.5. The molecule has 288 valence electrons. The van der Waals surface area contributed by atoms with Crippen molar-refractivity contribution in [2.45, 2.75) is 174 Å². The van der Waals surface area contributed by atoms with Crippen LogP contribution in [0.2, 0.25) is 0 Å². The summed E-state index contributed by atoms with van der Waals surface area (Å²) >= 11 is 0. The van der Waals surface area contributed by atoms with Gasteiger partial charge in [0, 0.05) is 0 Å². The Kier molecular flexibility index (Phi) is 27.6. The third kappa shape index (κ3) is 22.6. The minimum Gasteiger partial charge on any atom is -0.493 e. The second kappa shape index (κ2) is 31.8. The van der Waals surface area contributed by atoms with Gasteiger partial charge in [-0.15, -0.1) is 0 Å². The second-order valence-electron chi connectivity index (χ2n) is 14.3. The van der Waals surface area contributed by atoms with E-state index in [1.54, 1.807) is 14.2 Å². The van der Waals surface area contributed by atoms with Crippen molar-refractivity contribution >= 4 is 12.2 Å². The van der Waals surface area contributed by atoms with Gasteiger partial charge in [0.2, 0.25) is 0 Å². The Hall–Kier alpha value is -2.88. The standard InChI is InChI=1S/C47H76O4/c1-5-7-9-11-13-15-17-19-21-23-25-30-38-50-44-36-34-42(40-46(44)48-3)32-28-27-29-33-43-35-37-45(47(41-43)49-4)51-39-31-26-24-22-20-18-16-14-12-10-8-6-2/h28-29,32-37,40-41H,5-27,30-31,38-39H2,1-4H3. The number of methoxy groups -OCH3 is 2. The lowest BCUT2D eigenvalue weighted by Gasteiger charge is -2.11. The monoisotopic (exact) mass is 705 g/mol. The molecule has 4 nitrogen and oxygen atoms in total. The Labute approximate surface area is 314 Å². The lowest BCUT2D eigenvalue weighted by molar-refractivity contribution is 0.284. The molecule has 0 unspecified atom stereocenters. The van der Waals surface area contributed by atoms with Crippen molar-refractivity contribution in [1.29, 1.82) is 0 Å². The highest BCUT2D eigenvalue weighted by Crippen LogP contribution is 2.30. The fourth-order valence-corrected chi connectivity index (χ4v) is 6.55. The molecule has 0 fully saturated rings. The maximum atomic E-state index is 6.08. The molecule has 0 aliphatic heterocycles. The van der Waals surface area contributed by atoms with E-state index >= 15 is 0 Å². The van der Waals surface area contributed by atoms with E-state index in [1.165, 1.54) is 141 Å². The van der Waals surface area contributed by atoms with Crippen LogP contribution in [-0.2, 0) is 0 Å². The molecule has 0 amide bonds. The predicted molar refractivity (Wildman–Crippen MR) is 222 cm³/mol. The Balaban J connectivity index is 1.60. The molecule has 0 bridgehead atoms. The molecule has 2 aromatic rings. The van der Waals surface area contributed by atoms with E-state index < -0.39 is 0 Å². The Bertz CT molecular complexity index is 1060.